The summed E-state index contributed by atoms with van der Waals surface area (Å²) in [6, 6.07) is 13.4. The maximum atomic E-state index is 6.36. The van der Waals surface area contributed by atoms with Gasteiger partial charge >= 0.3 is 0 Å². The first-order chi connectivity index (χ1) is 14.2. The summed E-state index contributed by atoms with van der Waals surface area (Å²) < 4.78 is 9.48. The van der Waals surface area contributed by atoms with Gasteiger partial charge in [0.2, 0.25) is 0 Å². The van der Waals surface area contributed by atoms with Crippen molar-refractivity contribution in [3.8, 4) is 0 Å². The van der Waals surface area contributed by atoms with Crippen LogP contribution in [0.4, 0.5) is 5.82 Å². The first kappa shape index (κ1) is 18.4. The topological polar surface area (TPSA) is 56.7 Å². The Hall–Kier alpha value is -2.67. The Balaban J connectivity index is 1.76. The van der Waals surface area contributed by atoms with Crippen molar-refractivity contribution in [2.45, 2.75) is 12.0 Å². The van der Waals surface area contributed by atoms with Crippen molar-refractivity contribution in [1.29, 1.82) is 0 Å². The van der Waals surface area contributed by atoms with Crippen molar-refractivity contribution in [3.05, 3.63) is 82.5 Å². The summed E-state index contributed by atoms with van der Waals surface area (Å²) in [4.78, 5) is 9.59. The number of methoxy groups -OCH3 is 1. The Morgan fingerprint density at radius 2 is 2.00 bits per heavy atom. The highest BCUT2D eigenvalue weighted by Gasteiger charge is 2.38. The number of benzene rings is 1. The second-order valence-electron chi connectivity index (χ2n) is 6.88. The van der Waals surface area contributed by atoms with E-state index in [9.17, 15) is 0 Å². The molecule has 8 heteroatoms. The van der Waals surface area contributed by atoms with Crippen LogP contribution in [-0.4, -0.2) is 38.6 Å². The lowest BCUT2D eigenvalue weighted by Crippen LogP contribution is -2.33. The summed E-state index contributed by atoms with van der Waals surface area (Å²) in [6.45, 7) is 0.384. The van der Waals surface area contributed by atoms with Crippen molar-refractivity contribution in [2.24, 2.45) is 4.99 Å². The molecule has 146 valence electrons. The molecule has 5 rings (SSSR count). The van der Waals surface area contributed by atoms with Gasteiger partial charge in [0, 0.05) is 19.4 Å². The molecule has 1 aromatic carbocycles. The van der Waals surface area contributed by atoms with E-state index >= 15 is 0 Å². The van der Waals surface area contributed by atoms with E-state index in [2.05, 4.69) is 9.50 Å². The van der Waals surface area contributed by atoms with E-state index in [1.54, 1.807) is 13.3 Å². The molecule has 0 amide bonds. The number of nitrogens with zero attached hydrogens (tertiary/aromatic N) is 5. The fourth-order valence-corrected chi connectivity index (χ4v) is 4.24. The summed E-state index contributed by atoms with van der Waals surface area (Å²) >= 11 is 12.5. The number of rotatable bonds is 4. The lowest BCUT2D eigenvalue weighted by atomic mass is 9.87. The fourth-order valence-electron chi connectivity index (χ4n) is 3.94. The van der Waals surface area contributed by atoms with Crippen LogP contribution in [-0.2, 0) is 4.74 Å². The van der Waals surface area contributed by atoms with E-state index in [4.69, 9.17) is 37.9 Å². The molecule has 1 aliphatic rings. The maximum Gasteiger partial charge on any atom is 0.151 e. The van der Waals surface area contributed by atoms with Gasteiger partial charge in [-0.25, -0.2) is 14.7 Å². The van der Waals surface area contributed by atoms with Gasteiger partial charge in [-0.1, -0.05) is 35.3 Å². The van der Waals surface area contributed by atoms with Crippen LogP contribution in [0.15, 0.2) is 66.0 Å². The fraction of sp³-hybridized carbons (Fsp3) is 0.190. The standard InChI is InChI=1S/C21H17Cl2N5O/c1-29-12-17-19(21-24-11-14-4-2-3-9-27(14)21)20(28-18(26-17)7-8-25-28)13-5-6-15(22)16(23)10-13/h2-11,19-20H,12H2,1H3. The normalized spacial score (nSPS) is 18.7. The number of fused-ring (bicyclic) bond motifs is 2. The molecular formula is C21H17Cl2N5O. The molecule has 4 aromatic rings. The Labute approximate surface area is 177 Å². The van der Waals surface area contributed by atoms with Gasteiger partial charge < -0.3 is 9.14 Å². The summed E-state index contributed by atoms with van der Waals surface area (Å²) in [7, 11) is 1.67. The third-order valence-corrected chi connectivity index (χ3v) is 5.91. The van der Waals surface area contributed by atoms with Crippen molar-refractivity contribution in [3.63, 3.8) is 0 Å². The molecule has 0 saturated heterocycles. The second kappa shape index (κ2) is 7.30. The molecule has 0 spiro atoms. The van der Waals surface area contributed by atoms with E-state index in [1.807, 2.05) is 59.5 Å². The second-order valence-corrected chi connectivity index (χ2v) is 7.69. The minimum atomic E-state index is -0.191. The van der Waals surface area contributed by atoms with Gasteiger partial charge in [0.05, 0.1) is 52.2 Å². The van der Waals surface area contributed by atoms with Crippen LogP contribution in [0.1, 0.15) is 23.3 Å². The maximum absolute atomic E-state index is 6.36. The number of hydrogen-bond acceptors (Lipinski definition) is 4. The molecule has 0 saturated carbocycles. The molecule has 0 radical (unpaired) electrons. The SMILES string of the molecule is COCC1=Nc2ccnn2C(c2ccc(Cl)c(Cl)c2)C1c1ncc2ccccn12. The first-order valence-electron chi connectivity index (χ1n) is 9.14. The van der Waals surface area contributed by atoms with Gasteiger partial charge in [-0.3, -0.25) is 0 Å². The predicted molar refractivity (Wildman–Crippen MR) is 114 cm³/mol. The van der Waals surface area contributed by atoms with Gasteiger partial charge in [-0.2, -0.15) is 5.10 Å². The summed E-state index contributed by atoms with van der Waals surface area (Å²) in [5.41, 5.74) is 2.87. The van der Waals surface area contributed by atoms with Crippen LogP contribution in [0.3, 0.4) is 0 Å². The van der Waals surface area contributed by atoms with Crippen LogP contribution < -0.4 is 0 Å². The van der Waals surface area contributed by atoms with Crippen molar-refractivity contribution < 1.29 is 4.74 Å². The van der Waals surface area contributed by atoms with Crippen molar-refractivity contribution in [2.75, 3.05) is 13.7 Å². The third kappa shape index (κ3) is 3.04. The average Bonchev–Trinajstić information content (AvgIpc) is 3.36. The monoisotopic (exact) mass is 425 g/mol. The van der Waals surface area contributed by atoms with Crippen LogP contribution in [0.2, 0.25) is 10.0 Å². The molecule has 2 unspecified atom stereocenters. The Bertz CT molecular complexity index is 1230. The van der Waals surface area contributed by atoms with Crippen molar-refractivity contribution >= 4 is 40.2 Å². The van der Waals surface area contributed by atoms with Crippen LogP contribution >= 0.6 is 23.2 Å². The molecule has 6 nitrogen and oxygen atoms in total. The molecule has 1 aliphatic heterocycles. The molecule has 4 heterocycles. The zero-order valence-corrected chi connectivity index (χ0v) is 17.0. The number of hydrogen-bond donors (Lipinski definition) is 0. The molecule has 29 heavy (non-hydrogen) atoms. The summed E-state index contributed by atoms with van der Waals surface area (Å²) in [5, 5.41) is 5.57. The van der Waals surface area contributed by atoms with Gasteiger partial charge in [-0.15, -0.1) is 0 Å². The highest BCUT2D eigenvalue weighted by Crippen LogP contribution is 2.42. The Morgan fingerprint density at radius 3 is 2.83 bits per heavy atom. The molecule has 2 atom stereocenters. The van der Waals surface area contributed by atoms with E-state index in [1.165, 1.54) is 0 Å². The zero-order valence-electron chi connectivity index (χ0n) is 15.5. The third-order valence-electron chi connectivity index (χ3n) is 5.17. The van der Waals surface area contributed by atoms with E-state index < -0.39 is 0 Å². The van der Waals surface area contributed by atoms with E-state index in [0.29, 0.717) is 16.7 Å². The quantitative estimate of drug-likeness (QED) is 0.464. The van der Waals surface area contributed by atoms with Gasteiger partial charge in [0.15, 0.2) is 5.82 Å². The molecule has 0 bridgehead atoms. The molecular weight excluding hydrogens is 409 g/mol. The van der Waals surface area contributed by atoms with Crippen LogP contribution in [0, 0.1) is 0 Å². The predicted octanol–water partition coefficient (Wildman–Crippen LogP) is 4.94. The zero-order chi connectivity index (χ0) is 20.0. The lowest BCUT2D eigenvalue weighted by Gasteiger charge is -2.32. The molecule has 0 aliphatic carbocycles. The number of aromatic nitrogens is 4. The lowest BCUT2D eigenvalue weighted by molar-refractivity contribution is 0.240. The largest absolute Gasteiger partial charge is 0.379 e. The highest BCUT2D eigenvalue weighted by atomic mass is 35.5. The Morgan fingerprint density at radius 1 is 1.10 bits per heavy atom. The Kier molecular flexibility index (Phi) is 4.62. The van der Waals surface area contributed by atoms with Crippen LogP contribution in [0.5, 0.6) is 0 Å². The summed E-state index contributed by atoms with van der Waals surface area (Å²) in [5.74, 6) is 1.45. The molecule has 0 fully saturated rings. The molecule has 0 N–H and O–H groups in total. The van der Waals surface area contributed by atoms with E-state index in [-0.39, 0.29) is 12.0 Å². The first-order valence-corrected chi connectivity index (χ1v) is 9.90. The van der Waals surface area contributed by atoms with Gasteiger partial charge in [-0.05, 0) is 29.8 Å². The number of ether oxygens (including phenoxy) is 1. The smallest absolute Gasteiger partial charge is 0.151 e. The van der Waals surface area contributed by atoms with Gasteiger partial charge in [0.1, 0.15) is 5.82 Å². The summed E-state index contributed by atoms with van der Waals surface area (Å²) in [6.07, 6.45) is 5.62. The van der Waals surface area contributed by atoms with Crippen molar-refractivity contribution in [1.82, 2.24) is 19.2 Å². The van der Waals surface area contributed by atoms with Crippen LogP contribution in [0.25, 0.3) is 5.52 Å². The number of imidazole rings is 1. The number of pyridine rings is 1. The van der Waals surface area contributed by atoms with Gasteiger partial charge in [0.25, 0.3) is 0 Å². The number of halogens is 2. The molecule has 3 aromatic heterocycles. The number of aliphatic imine (C=N–C) groups is 1. The minimum Gasteiger partial charge on any atom is -0.379 e. The average molecular weight is 426 g/mol. The highest BCUT2D eigenvalue weighted by molar-refractivity contribution is 6.42. The van der Waals surface area contributed by atoms with E-state index in [0.717, 1.165) is 28.4 Å². The minimum absolute atomic E-state index is 0.190.